The molecule has 8 heteroatoms. The van der Waals surface area contributed by atoms with Crippen molar-refractivity contribution in [3.8, 4) is 0 Å². The van der Waals surface area contributed by atoms with Gasteiger partial charge in [0.05, 0.1) is 0 Å². The van der Waals surface area contributed by atoms with Gasteiger partial charge in [0.2, 0.25) is 0 Å². The average Bonchev–Trinajstić information content (AvgIpc) is 2.37. The molecule has 0 radical (unpaired) electrons. The van der Waals surface area contributed by atoms with Gasteiger partial charge in [0.15, 0.2) is 0 Å². The largest absolute Gasteiger partial charge is 0.463 e. The van der Waals surface area contributed by atoms with E-state index in [-0.39, 0.29) is 0 Å². The first-order chi connectivity index (χ1) is 9.11. The number of nitrogens with zero attached hydrogens (tertiary/aromatic N) is 2. The van der Waals surface area contributed by atoms with Crippen molar-refractivity contribution >= 4 is 5.91 Å². The zero-order valence-corrected chi connectivity index (χ0v) is 11.5. The molecule has 0 N–H and O–H groups in total. The molecular weight excluding hydrogens is 283 g/mol. The van der Waals surface area contributed by atoms with Crippen molar-refractivity contribution in [3.05, 3.63) is 0 Å². The van der Waals surface area contributed by atoms with E-state index >= 15 is 0 Å². The number of hydrogen-bond acceptors (Lipinski definition) is 2. The van der Waals surface area contributed by atoms with Gasteiger partial charge < -0.3 is 9.80 Å². The molecule has 0 bridgehead atoms. The monoisotopic (exact) mass is 302 g/mol. The van der Waals surface area contributed by atoms with Crippen LogP contribution >= 0.6 is 0 Å². The quantitative estimate of drug-likeness (QED) is 0.745. The van der Waals surface area contributed by atoms with E-state index in [1.165, 1.54) is 0 Å². The first kappa shape index (κ1) is 17.1. The zero-order chi connectivity index (χ0) is 15.6. The Hall–Kier alpha value is -0.920. The van der Waals surface area contributed by atoms with Crippen LogP contribution in [0.25, 0.3) is 0 Å². The van der Waals surface area contributed by atoms with E-state index in [4.69, 9.17) is 0 Å². The highest BCUT2D eigenvalue weighted by atomic mass is 19.4. The molecule has 20 heavy (non-hydrogen) atoms. The summed E-state index contributed by atoms with van der Waals surface area (Å²) in [5.74, 6) is -7.48. The molecule has 0 atom stereocenters. The highest BCUT2D eigenvalue weighted by Crippen LogP contribution is 2.37. The lowest BCUT2D eigenvalue weighted by Gasteiger charge is -2.37. The smallest absolute Gasteiger partial charge is 0.337 e. The van der Waals surface area contributed by atoms with E-state index in [1.807, 2.05) is 6.92 Å². The van der Waals surface area contributed by atoms with Gasteiger partial charge in [-0.3, -0.25) is 4.79 Å². The van der Waals surface area contributed by atoms with Crippen LogP contribution in [0.3, 0.4) is 0 Å². The maximum absolute atomic E-state index is 13.0. The Kier molecular flexibility index (Phi) is 5.34. The summed E-state index contributed by atoms with van der Waals surface area (Å²) in [5, 5.41) is 0. The molecule has 1 aliphatic rings. The van der Waals surface area contributed by atoms with Crippen molar-refractivity contribution in [2.45, 2.75) is 44.3 Å². The van der Waals surface area contributed by atoms with Crippen LogP contribution in [0.5, 0.6) is 0 Å². The second kappa shape index (κ2) is 6.24. The van der Waals surface area contributed by atoms with E-state index < -0.39 is 24.0 Å². The van der Waals surface area contributed by atoms with Gasteiger partial charge in [-0.05, 0) is 25.8 Å². The third-order valence-electron chi connectivity index (χ3n) is 3.59. The molecule has 0 aromatic heterocycles. The highest BCUT2D eigenvalue weighted by Gasteiger charge is 2.64. The Morgan fingerprint density at radius 3 is 2.10 bits per heavy atom. The third kappa shape index (κ3) is 3.59. The fraction of sp³-hybridized carbons (Fsp3) is 0.917. The Morgan fingerprint density at radius 1 is 1.20 bits per heavy atom. The standard InChI is InChI=1S/C12H19F5N2O/c1-3-6-19-7-4-9(5-8-19)18(2)10(20)11(13,14)12(15,16)17/h9H,3-8H2,1-2H3. The average molecular weight is 302 g/mol. The number of carbonyl (C=O) groups is 1. The molecule has 1 rings (SSSR count). The summed E-state index contributed by atoms with van der Waals surface area (Å²) in [6, 6.07) is -0.566. The highest BCUT2D eigenvalue weighted by molar-refractivity contribution is 5.84. The molecule has 1 aliphatic heterocycles. The first-order valence-electron chi connectivity index (χ1n) is 6.55. The van der Waals surface area contributed by atoms with Crippen molar-refractivity contribution in [2.75, 3.05) is 26.7 Å². The van der Waals surface area contributed by atoms with Gasteiger partial charge in [-0.15, -0.1) is 0 Å². The SMILES string of the molecule is CCCN1CCC(N(C)C(=O)C(F)(F)C(F)(F)F)CC1. The lowest BCUT2D eigenvalue weighted by atomic mass is 10.0. The van der Waals surface area contributed by atoms with Crippen LogP contribution in [0.15, 0.2) is 0 Å². The molecule has 1 heterocycles. The van der Waals surface area contributed by atoms with Crippen molar-refractivity contribution in [3.63, 3.8) is 0 Å². The summed E-state index contributed by atoms with van der Waals surface area (Å²) in [5.41, 5.74) is 0. The Balaban J connectivity index is 2.63. The van der Waals surface area contributed by atoms with E-state index in [9.17, 15) is 26.7 Å². The van der Waals surface area contributed by atoms with Gasteiger partial charge in [0.25, 0.3) is 0 Å². The van der Waals surface area contributed by atoms with Crippen LogP contribution in [0, 0.1) is 0 Å². The maximum Gasteiger partial charge on any atom is 0.463 e. The summed E-state index contributed by atoms with van der Waals surface area (Å²) in [6.07, 6.45) is -4.07. The number of likely N-dealkylation sites (tertiary alicyclic amines) is 1. The van der Waals surface area contributed by atoms with Crippen LogP contribution in [0.4, 0.5) is 22.0 Å². The van der Waals surface area contributed by atoms with Gasteiger partial charge in [0, 0.05) is 26.2 Å². The molecule has 1 amide bonds. The number of carbonyl (C=O) groups excluding carboxylic acids is 1. The molecular formula is C12H19F5N2O. The third-order valence-corrected chi connectivity index (χ3v) is 3.59. The molecule has 1 saturated heterocycles. The van der Waals surface area contributed by atoms with Crippen LogP contribution < -0.4 is 0 Å². The summed E-state index contributed by atoms with van der Waals surface area (Å²) in [7, 11) is 1.02. The lowest BCUT2D eigenvalue weighted by molar-refractivity contribution is -0.274. The van der Waals surface area contributed by atoms with Gasteiger partial charge in [-0.1, -0.05) is 6.92 Å². The second-order valence-corrected chi connectivity index (χ2v) is 5.06. The maximum atomic E-state index is 13.0. The lowest BCUT2D eigenvalue weighted by Crippen LogP contribution is -2.55. The summed E-state index contributed by atoms with van der Waals surface area (Å²) in [4.78, 5) is 14.0. The van der Waals surface area contributed by atoms with E-state index in [0.29, 0.717) is 30.8 Å². The molecule has 0 saturated carbocycles. The van der Waals surface area contributed by atoms with Gasteiger partial charge >= 0.3 is 18.0 Å². The fourth-order valence-corrected chi connectivity index (χ4v) is 2.36. The minimum Gasteiger partial charge on any atom is -0.337 e. The van der Waals surface area contributed by atoms with Crippen molar-refractivity contribution < 1.29 is 26.7 Å². The molecule has 0 aromatic carbocycles. The number of halogens is 5. The van der Waals surface area contributed by atoms with Crippen LogP contribution in [-0.4, -0.2) is 60.5 Å². The Bertz CT molecular complexity index is 337. The summed E-state index contributed by atoms with van der Waals surface area (Å²) >= 11 is 0. The molecule has 3 nitrogen and oxygen atoms in total. The van der Waals surface area contributed by atoms with Gasteiger partial charge in [0.1, 0.15) is 0 Å². The molecule has 0 spiro atoms. The van der Waals surface area contributed by atoms with Crippen molar-refractivity contribution in [1.82, 2.24) is 9.80 Å². The predicted octanol–water partition coefficient (Wildman–Crippen LogP) is 2.52. The van der Waals surface area contributed by atoms with Gasteiger partial charge in [-0.25, -0.2) is 0 Å². The number of alkyl halides is 5. The summed E-state index contributed by atoms with van der Waals surface area (Å²) < 4.78 is 62.5. The summed E-state index contributed by atoms with van der Waals surface area (Å²) in [6.45, 7) is 4.08. The Morgan fingerprint density at radius 2 is 1.70 bits per heavy atom. The van der Waals surface area contributed by atoms with Crippen molar-refractivity contribution in [1.29, 1.82) is 0 Å². The molecule has 118 valence electrons. The Labute approximate surface area is 114 Å². The molecule has 1 fully saturated rings. The fourth-order valence-electron chi connectivity index (χ4n) is 2.36. The predicted molar refractivity (Wildman–Crippen MR) is 63.5 cm³/mol. The molecule has 0 aliphatic carbocycles. The second-order valence-electron chi connectivity index (χ2n) is 5.06. The van der Waals surface area contributed by atoms with Crippen LogP contribution in [-0.2, 0) is 4.79 Å². The number of rotatable bonds is 4. The first-order valence-corrected chi connectivity index (χ1v) is 6.55. The molecule has 0 aromatic rings. The van der Waals surface area contributed by atoms with Crippen molar-refractivity contribution in [2.24, 2.45) is 0 Å². The number of hydrogen-bond donors (Lipinski definition) is 0. The van der Waals surface area contributed by atoms with Crippen LogP contribution in [0.2, 0.25) is 0 Å². The number of piperidine rings is 1. The van der Waals surface area contributed by atoms with Gasteiger partial charge in [-0.2, -0.15) is 22.0 Å². The van der Waals surface area contributed by atoms with E-state index in [1.54, 1.807) is 0 Å². The molecule has 0 unspecified atom stereocenters. The zero-order valence-electron chi connectivity index (χ0n) is 11.5. The minimum atomic E-state index is -5.85. The minimum absolute atomic E-state index is 0.413. The number of amides is 1. The van der Waals surface area contributed by atoms with Crippen LogP contribution in [0.1, 0.15) is 26.2 Å². The van der Waals surface area contributed by atoms with E-state index in [2.05, 4.69) is 4.90 Å². The normalized spacial score (nSPS) is 19.1. The topological polar surface area (TPSA) is 23.6 Å². The van der Waals surface area contributed by atoms with E-state index in [0.717, 1.165) is 20.0 Å².